The molecule has 0 spiro atoms. The van der Waals surface area contributed by atoms with Crippen molar-refractivity contribution in [3.8, 4) is 22.8 Å². The molecule has 6 nitrogen and oxygen atoms in total. The van der Waals surface area contributed by atoms with Gasteiger partial charge in [-0.2, -0.15) is 0 Å². The Hall–Kier alpha value is -4.20. The summed E-state index contributed by atoms with van der Waals surface area (Å²) in [6.07, 6.45) is 0. The van der Waals surface area contributed by atoms with Crippen LogP contribution in [0.3, 0.4) is 0 Å². The van der Waals surface area contributed by atoms with Crippen LogP contribution in [0.5, 0.6) is 0 Å². The van der Waals surface area contributed by atoms with Crippen molar-refractivity contribution in [3.05, 3.63) is 84.4 Å². The van der Waals surface area contributed by atoms with Crippen molar-refractivity contribution in [1.82, 2.24) is 29.4 Å². The van der Waals surface area contributed by atoms with Gasteiger partial charge in [-0.3, -0.25) is 0 Å². The Morgan fingerprint density at radius 1 is 0.500 bits per heavy atom. The summed E-state index contributed by atoms with van der Waals surface area (Å²) in [5.74, 6) is 0.367. The fraction of sp³-hybridized carbons (Fsp3) is 0. The zero-order chi connectivity index (χ0) is 20.2. The minimum absolute atomic E-state index is 0.334. The van der Waals surface area contributed by atoms with Gasteiger partial charge in [0, 0.05) is 21.9 Å². The van der Waals surface area contributed by atoms with Crippen molar-refractivity contribution in [3.63, 3.8) is 0 Å². The summed E-state index contributed by atoms with van der Waals surface area (Å²) in [6.45, 7) is 0. The molecule has 0 amide bonds. The third-order valence-corrected chi connectivity index (χ3v) is 5.10. The number of fused-ring (bicyclic) bond motifs is 6. The zero-order valence-corrected chi connectivity index (χ0v) is 15.4. The minimum atomic E-state index is -0.334. The van der Waals surface area contributed by atoms with E-state index in [1.54, 1.807) is 24.3 Å². The molecule has 144 valence electrons. The van der Waals surface area contributed by atoms with Crippen LogP contribution < -0.4 is 0 Å². The van der Waals surface area contributed by atoms with Crippen molar-refractivity contribution in [2.75, 3.05) is 0 Å². The Bertz CT molecular complexity index is 1430. The van der Waals surface area contributed by atoms with E-state index < -0.39 is 0 Å². The fourth-order valence-corrected chi connectivity index (χ4v) is 3.71. The van der Waals surface area contributed by atoms with Crippen LogP contribution in [0, 0.1) is 11.6 Å². The summed E-state index contributed by atoms with van der Waals surface area (Å²) in [4.78, 5) is 0. The largest absolute Gasteiger partial charge is 0.207 e. The van der Waals surface area contributed by atoms with Crippen LogP contribution in [0.15, 0.2) is 72.8 Å². The molecule has 3 aromatic carbocycles. The Morgan fingerprint density at radius 2 is 0.900 bits per heavy atom. The van der Waals surface area contributed by atoms with Crippen LogP contribution >= 0.6 is 0 Å². The molecule has 0 radical (unpaired) electrons. The van der Waals surface area contributed by atoms with E-state index in [1.807, 2.05) is 33.3 Å². The summed E-state index contributed by atoms with van der Waals surface area (Å²) in [5, 5.41) is 19.3. The highest BCUT2D eigenvalue weighted by Crippen LogP contribution is 2.29. The predicted molar refractivity (Wildman–Crippen MR) is 108 cm³/mol. The molecule has 0 N–H and O–H groups in total. The highest BCUT2D eigenvalue weighted by atomic mass is 19.1. The van der Waals surface area contributed by atoms with Gasteiger partial charge in [-0.15, -0.1) is 20.4 Å². The molecule has 0 aliphatic heterocycles. The Morgan fingerprint density at radius 3 is 1.30 bits per heavy atom. The zero-order valence-electron chi connectivity index (χ0n) is 15.4. The summed E-state index contributed by atoms with van der Waals surface area (Å²) >= 11 is 0. The molecule has 0 aliphatic carbocycles. The highest BCUT2D eigenvalue weighted by molar-refractivity contribution is 6.02. The molecule has 0 fully saturated rings. The topological polar surface area (TPSA) is 60.4 Å². The van der Waals surface area contributed by atoms with E-state index in [-0.39, 0.29) is 11.6 Å². The van der Waals surface area contributed by atoms with Crippen LogP contribution in [-0.2, 0) is 0 Å². The van der Waals surface area contributed by atoms with E-state index in [0.717, 1.165) is 10.8 Å². The van der Waals surface area contributed by atoms with Gasteiger partial charge in [-0.05, 0) is 48.5 Å². The molecule has 0 aliphatic rings. The summed E-state index contributed by atoms with van der Waals surface area (Å²) < 4.78 is 30.6. The van der Waals surface area contributed by atoms with Crippen molar-refractivity contribution in [2.45, 2.75) is 0 Å². The van der Waals surface area contributed by atoms with E-state index in [4.69, 9.17) is 0 Å². The predicted octanol–water partition coefficient (Wildman–Crippen LogP) is 4.54. The van der Waals surface area contributed by atoms with Crippen LogP contribution in [-0.4, -0.2) is 29.4 Å². The van der Waals surface area contributed by atoms with Gasteiger partial charge in [0.25, 0.3) is 0 Å². The second-order valence-corrected chi connectivity index (χ2v) is 6.88. The van der Waals surface area contributed by atoms with Crippen molar-refractivity contribution in [1.29, 1.82) is 0 Å². The average molecular weight is 398 g/mol. The molecule has 3 heterocycles. The van der Waals surface area contributed by atoms with E-state index in [9.17, 15) is 8.78 Å². The first-order chi connectivity index (χ1) is 14.7. The number of hydrogen-bond acceptors (Lipinski definition) is 4. The molecule has 3 aromatic heterocycles. The van der Waals surface area contributed by atoms with Crippen LogP contribution in [0.25, 0.3) is 44.8 Å². The molecular weight excluding hydrogens is 386 g/mol. The maximum absolute atomic E-state index is 13.5. The van der Waals surface area contributed by atoms with Crippen molar-refractivity contribution >= 4 is 22.1 Å². The second-order valence-electron chi connectivity index (χ2n) is 6.88. The monoisotopic (exact) mass is 398 g/mol. The number of nitrogens with zero attached hydrogens (tertiary/aromatic N) is 6. The Kier molecular flexibility index (Phi) is 3.43. The van der Waals surface area contributed by atoms with Gasteiger partial charge >= 0.3 is 0 Å². The second kappa shape index (κ2) is 6.15. The molecule has 0 unspecified atom stereocenters. The lowest BCUT2D eigenvalue weighted by atomic mass is 10.1. The maximum atomic E-state index is 13.5. The number of hydrogen-bond donors (Lipinski definition) is 0. The van der Waals surface area contributed by atoms with Gasteiger partial charge in [0.15, 0.2) is 22.9 Å². The Balaban J connectivity index is 1.79. The summed E-state index contributed by atoms with van der Waals surface area (Å²) in [7, 11) is 0. The smallest absolute Gasteiger partial charge is 0.184 e. The lowest BCUT2D eigenvalue weighted by molar-refractivity contribution is 0.627. The van der Waals surface area contributed by atoms with Gasteiger partial charge < -0.3 is 0 Å². The van der Waals surface area contributed by atoms with Gasteiger partial charge in [0.2, 0.25) is 0 Å². The van der Waals surface area contributed by atoms with Gasteiger partial charge in [0.1, 0.15) is 11.6 Å². The lowest BCUT2D eigenvalue weighted by Gasteiger charge is -2.09. The van der Waals surface area contributed by atoms with Crippen molar-refractivity contribution in [2.24, 2.45) is 0 Å². The van der Waals surface area contributed by atoms with E-state index in [0.29, 0.717) is 34.1 Å². The fourth-order valence-electron chi connectivity index (χ4n) is 3.71. The van der Waals surface area contributed by atoms with Crippen LogP contribution in [0.4, 0.5) is 8.78 Å². The molecule has 6 aromatic rings. The normalized spacial score (nSPS) is 11.7. The van der Waals surface area contributed by atoms with Gasteiger partial charge in [0.05, 0.1) is 0 Å². The highest BCUT2D eigenvalue weighted by Gasteiger charge is 2.20. The number of aromatic nitrogens is 6. The number of rotatable bonds is 2. The SMILES string of the molecule is Fc1ccc(-c2nnc3c4ccccc4c4nnc(-c5ccc(F)cc5)n4n23)cc1. The molecule has 0 saturated heterocycles. The molecule has 8 heteroatoms. The lowest BCUT2D eigenvalue weighted by Crippen LogP contribution is -2.05. The standard InChI is InChI=1S/C22H12F2N6/c23-15-9-5-13(6-10-15)19-25-27-21-17-3-1-2-4-18(17)22-28-26-20(30(22)29(19)21)14-7-11-16(24)12-8-14/h1-12H. The summed E-state index contributed by atoms with van der Waals surface area (Å²) in [5.41, 5.74) is 2.61. The first-order valence-corrected chi connectivity index (χ1v) is 9.24. The van der Waals surface area contributed by atoms with E-state index in [1.165, 1.54) is 24.3 Å². The number of halogens is 2. The quantitative estimate of drug-likeness (QED) is 0.430. The van der Waals surface area contributed by atoms with E-state index in [2.05, 4.69) is 20.4 Å². The number of benzene rings is 3. The first kappa shape index (κ1) is 16.7. The van der Waals surface area contributed by atoms with Gasteiger partial charge in [-0.25, -0.2) is 17.8 Å². The third kappa shape index (κ3) is 2.33. The molecule has 0 bridgehead atoms. The average Bonchev–Trinajstić information content (AvgIpc) is 3.40. The molecule has 6 rings (SSSR count). The van der Waals surface area contributed by atoms with E-state index >= 15 is 0 Å². The van der Waals surface area contributed by atoms with Gasteiger partial charge in [-0.1, -0.05) is 24.3 Å². The molecule has 0 saturated carbocycles. The van der Waals surface area contributed by atoms with Crippen LogP contribution in [0.2, 0.25) is 0 Å². The minimum Gasteiger partial charge on any atom is -0.207 e. The molecule has 30 heavy (non-hydrogen) atoms. The molecule has 0 atom stereocenters. The Labute approximate surface area is 168 Å². The maximum Gasteiger partial charge on any atom is 0.184 e. The van der Waals surface area contributed by atoms with Crippen LogP contribution in [0.1, 0.15) is 0 Å². The molecular formula is C22H12F2N6. The third-order valence-electron chi connectivity index (χ3n) is 5.10. The summed E-state index contributed by atoms with van der Waals surface area (Å²) in [6, 6.07) is 19.8. The van der Waals surface area contributed by atoms with Crippen molar-refractivity contribution < 1.29 is 8.78 Å². The first-order valence-electron chi connectivity index (χ1n) is 9.24.